The molecular formula is C22H19BrN2O2. The zero-order valence-corrected chi connectivity index (χ0v) is 16.4. The van der Waals surface area contributed by atoms with Crippen LogP contribution in [-0.2, 0) is 16.1 Å². The SMILES string of the molecule is Cc1cc(NC(=O)C(=O)N(Cc2ccccc2)c2ccccc2)ccc1Br. The first-order chi connectivity index (χ1) is 13.0. The van der Waals surface area contributed by atoms with Gasteiger partial charge in [0.15, 0.2) is 0 Å². The number of nitrogens with zero attached hydrogens (tertiary/aromatic N) is 1. The Morgan fingerprint density at radius 2 is 1.56 bits per heavy atom. The summed E-state index contributed by atoms with van der Waals surface area (Å²) in [6.07, 6.45) is 0. The minimum atomic E-state index is -0.670. The first kappa shape index (κ1) is 18.9. The monoisotopic (exact) mass is 422 g/mol. The van der Waals surface area contributed by atoms with Gasteiger partial charge in [-0.25, -0.2) is 0 Å². The van der Waals surface area contributed by atoms with Crippen molar-refractivity contribution in [3.8, 4) is 0 Å². The normalized spacial score (nSPS) is 10.3. The van der Waals surface area contributed by atoms with Gasteiger partial charge in [-0.2, -0.15) is 0 Å². The van der Waals surface area contributed by atoms with Crippen molar-refractivity contribution in [2.45, 2.75) is 13.5 Å². The number of nitrogens with one attached hydrogen (secondary N) is 1. The van der Waals surface area contributed by atoms with Crippen LogP contribution in [0.15, 0.2) is 83.3 Å². The highest BCUT2D eigenvalue weighted by atomic mass is 79.9. The molecule has 4 nitrogen and oxygen atoms in total. The van der Waals surface area contributed by atoms with Gasteiger partial charge >= 0.3 is 11.8 Å². The van der Waals surface area contributed by atoms with Crippen molar-refractivity contribution in [3.05, 3.63) is 94.5 Å². The van der Waals surface area contributed by atoms with Gasteiger partial charge in [0.05, 0.1) is 6.54 Å². The lowest BCUT2D eigenvalue weighted by Gasteiger charge is -2.22. The van der Waals surface area contributed by atoms with Crippen LogP contribution in [0.2, 0.25) is 0 Å². The number of para-hydroxylation sites is 1. The molecule has 0 atom stereocenters. The van der Waals surface area contributed by atoms with Crippen molar-refractivity contribution in [2.24, 2.45) is 0 Å². The number of benzene rings is 3. The number of anilines is 2. The number of hydrogen-bond acceptors (Lipinski definition) is 2. The maximum atomic E-state index is 12.9. The predicted octanol–water partition coefficient (Wildman–Crippen LogP) is 4.93. The molecule has 3 aromatic rings. The molecule has 0 aliphatic heterocycles. The van der Waals surface area contributed by atoms with Crippen LogP contribution in [0.25, 0.3) is 0 Å². The number of halogens is 1. The summed E-state index contributed by atoms with van der Waals surface area (Å²) in [4.78, 5) is 27.0. The molecule has 2 amide bonds. The molecular weight excluding hydrogens is 404 g/mol. The first-order valence-corrected chi connectivity index (χ1v) is 9.32. The van der Waals surface area contributed by atoms with Gasteiger partial charge in [0, 0.05) is 15.8 Å². The van der Waals surface area contributed by atoms with Gasteiger partial charge in [-0.1, -0.05) is 64.5 Å². The maximum Gasteiger partial charge on any atom is 0.316 e. The van der Waals surface area contributed by atoms with Crippen molar-refractivity contribution in [3.63, 3.8) is 0 Å². The molecule has 0 bridgehead atoms. The van der Waals surface area contributed by atoms with Crippen molar-refractivity contribution < 1.29 is 9.59 Å². The van der Waals surface area contributed by atoms with Crippen LogP contribution in [-0.4, -0.2) is 11.8 Å². The Bertz CT molecular complexity index is 943. The van der Waals surface area contributed by atoms with Gasteiger partial charge < -0.3 is 5.32 Å². The van der Waals surface area contributed by atoms with Gasteiger partial charge in [0.25, 0.3) is 0 Å². The van der Waals surface area contributed by atoms with Crippen LogP contribution in [0, 0.1) is 6.92 Å². The highest BCUT2D eigenvalue weighted by Gasteiger charge is 2.23. The minimum absolute atomic E-state index is 0.316. The number of amides is 2. The Balaban J connectivity index is 1.83. The van der Waals surface area contributed by atoms with E-state index in [1.807, 2.05) is 79.7 Å². The lowest BCUT2D eigenvalue weighted by atomic mass is 10.2. The molecule has 3 rings (SSSR count). The molecule has 3 aromatic carbocycles. The number of carbonyl (C=O) groups is 2. The molecule has 5 heteroatoms. The van der Waals surface area contributed by atoms with Gasteiger partial charge in [-0.05, 0) is 48.4 Å². The predicted molar refractivity (Wildman–Crippen MR) is 112 cm³/mol. The lowest BCUT2D eigenvalue weighted by Crippen LogP contribution is -2.39. The van der Waals surface area contributed by atoms with E-state index in [2.05, 4.69) is 21.2 Å². The largest absolute Gasteiger partial charge is 0.318 e. The van der Waals surface area contributed by atoms with Gasteiger partial charge in [-0.15, -0.1) is 0 Å². The van der Waals surface area contributed by atoms with E-state index in [1.165, 1.54) is 4.90 Å². The van der Waals surface area contributed by atoms with Crippen LogP contribution in [0.4, 0.5) is 11.4 Å². The number of hydrogen-bond donors (Lipinski definition) is 1. The van der Waals surface area contributed by atoms with Crippen molar-refractivity contribution >= 4 is 39.1 Å². The molecule has 0 saturated heterocycles. The summed E-state index contributed by atoms with van der Waals surface area (Å²) in [6, 6.07) is 24.2. The third-order valence-corrected chi connectivity index (χ3v) is 5.00. The second-order valence-electron chi connectivity index (χ2n) is 6.13. The zero-order valence-electron chi connectivity index (χ0n) is 14.9. The molecule has 0 unspecified atom stereocenters. The average molecular weight is 423 g/mol. The Labute approximate surface area is 167 Å². The summed E-state index contributed by atoms with van der Waals surface area (Å²) >= 11 is 3.43. The summed E-state index contributed by atoms with van der Waals surface area (Å²) in [6.45, 7) is 2.24. The van der Waals surface area contributed by atoms with Crippen LogP contribution < -0.4 is 10.2 Å². The molecule has 1 N–H and O–H groups in total. The Morgan fingerprint density at radius 1 is 0.926 bits per heavy atom. The average Bonchev–Trinajstić information content (AvgIpc) is 2.70. The highest BCUT2D eigenvalue weighted by Crippen LogP contribution is 2.21. The summed E-state index contributed by atoms with van der Waals surface area (Å²) in [5.41, 5.74) is 3.18. The fourth-order valence-electron chi connectivity index (χ4n) is 2.68. The van der Waals surface area contributed by atoms with Crippen LogP contribution in [0.5, 0.6) is 0 Å². The van der Waals surface area contributed by atoms with Crippen molar-refractivity contribution in [1.82, 2.24) is 0 Å². The third-order valence-electron chi connectivity index (χ3n) is 4.11. The van der Waals surface area contributed by atoms with Crippen molar-refractivity contribution in [1.29, 1.82) is 0 Å². The Kier molecular flexibility index (Phi) is 6.04. The number of aryl methyl sites for hydroxylation is 1. The van der Waals surface area contributed by atoms with E-state index in [0.29, 0.717) is 17.9 Å². The second kappa shape index (κ2) is 8.64. The van der Waals surface area contributed by atoms with E-state index >= 15 is 0 Å². The van der Waals surface area contributed by atoms with E-state index in [9.17, 15) is 9.59 Å². The Hall–Kier alpha value is -2.92. The third kappa shape index (κ3) is 4.83. The molecule has 0 heterocycles. The van der Waals surface area contributed by atoms with E-state index in [-0.39, 0.29) is 0 Å². The van der Waals surface area contributed by atoms with Gasteiger partial charge in [0.1, 0.15) is 0 Å². The van der Waals surface area contributed by atoms with Gasteiger partial charge in [-0.3, -0.25) is 14.5 Å². The molecule has 0 aliphatic carbocycles. The first-order valence-electron chi connectivity index (χ1n) is 8.52. The molecule has 0 aromatic heterocycles. The van der Waals surface area contributed by atoms with Crippen LogP contribution >= 0.6 is 15.9 Å². The Morgan fingerprint density at radius 3 is 2.19 bits per heavy atom. The summed E-state index contributed by atoms with van der Waals surface area (Å²) in [7, 11) is 0. The smallest absolute Gasteiger partial charge is 0.316 e. The highest BCUT2D eigenvalue weighted by molar-refractivity contribution is 9.10. The minimum Gasteiger partial charge on any atom is -0.318 e. The van der Waals surface area contributed by atoms with E-state index in [0.717, 1.165) is 15.6 Å². The molecule has 0 fully saturated rings. The molecule has 136 valence electrons. The molecule has 0 aliphatic rings. The van der Waals surface area contributed by atoms with E-state index < -0.39 is 11.8 Å². The molecule has 0 radical (unpaired) electrons. The second-order valence-corrected chi connectivity index (χ2v) is 6.98. The summed E-state index contributed by atoms with van der Waals surface area (Å²) in [5.74, 6) is -1.28. The lowest BCUT2D eigenvalue weighted by molar-refractivity contribution is -0.134. The molecule has 27 heavy (non-hydrogen) atoms. The summed E-state index contributed by atoms with van der Waals surface area (Å²) in [5, 5.41) is 2.69. The number of rotatable bonds is 4. The zero-order chi connectivity index (χ0) is 19.2. The topological polar surface area (TPSA) is 49.4 Å². The van der Waals surface area contributed by atoms with Crippen molar-refractivity contribution in [2.75, 3.05) is 10.2 Å². The summed E-state index contributed by atoms with van der Waals surface area (Å²) < 4.78 is 0.946. The standard InChI is InChI=1S/C22H19BrN2O2/c1-16-14-18(12-13-20(16)23)24-21(26)22(27)25(19-10-6-3-7-11-19)15-17-8-4-2-5-9-17/h2-14H,15H2,1H3,(H,24,26). The van der Waals surface area contributed by atoms with E-state index in [1.54, 1.807) is 6.07 Å². The van der Waals surface area contributed by atoms with Gasteiger partial charge in [0.2, 0.25) is 0 Å². The maximum absolute atomic E-state index is 12.9. The fourth-order valence-corrected chi connectivity index (χ4v) is 2.93. The van der Waals surface area contributed by atoms with E-state index in [4.69, 9.17) is 0 Å². The quantitative estimate of drug-likeness (QED) is 0.605. The molecule has 0 saturated carbocycles. The number of carbonyl (C=O) groups excluding carboxylic acids is 2. The molecule has 0 spiro atoms. The fraction of sp³-hybridized carbons (Fsp3) is 0.0909. The van der Waals surface area contributed by atoms with Crippen LogP contribution in [0.3, 0.4) is 0 Å². The van der Waals surface area contributed by atoms with Crippen LogP contribution in [0.1, 0.15) is 11.1 Å².